The molecule has 8 atom stereocenters. The Kier molecular flexibility index (Phi) is 6.06. The summed E-state index contributed by atoms with van der Waals surface area (Å²) in [6, 6.07) is 9.43. The van der Waals surface area contributed by atoms with E-state index < -0.39 is 29.6 Å². The van der Waals surface area contributed by atoms with Crippen molar-refractivity contribution in [1.82, 2.24) is 9.88 Å². The number of phenols is 1. The number of anilines is 1. The van der Waals surface area contributed by atoms with E-state index in [1.54, 1.807) is 23.9 Å². The Bertz CT molecular complexity index is 1650. The molecule has 8 unspecified atom stereocenters. The van der Waals surface area contributed by atoms with Gasteiger partial charge in [0.1, 0.15) is 11.9 Å². The van der Waals surface area contributed by atoms with Crippen LogP contribution in [0.3, 0.4) is 0 Å². The van der Waals surface area contributed by atoms with Crippen LogP contribution in [0.15, 0.2) is 52.3 Å². The highest BCUT2D eigenvalue weighted by atomic mass is 32.2. The lowest BCUT2D eigenvalue weighted by atomic mass is 9.68. The predicted octanol–water partition coefficient (Wildman–Crippen LogP) is 3.79. The number of benzene rings is 2. The molecule has 2 aliphatic heterocycles. The van der Waals surface area contributed by atoms with Gasteiger partial charge in [-0.2, -0.15) is 0 Å². The molecule has 9 nitrogen and oxygen atoms in total. The third-order valence-electron chi connectivity index (χ3n) is 9.20. The molecule has 1 aromatic heterocycles. The third kappa shape index (κ3) is 3.87. The van der Waals surface area contributed by atoms with Crippen LogP contribution >= 0.6 is 23.1 Å². The lowest BCUT2D eigenvalue weighted by molar-refractivity contribution is -0.146. The molecular weight excluding hydrogens is 569 g/mol. The van der Waals surface area contributed by atoms with Crippen molar-refractivity contribution >= 4 is 46.5 Å². The molecule has 3 amide bonds. The van der Waals surface area contributed by atoms with E-state index in [4.69, 9.17) is 4.74 Å². The number of halogens is 1. The lowest BCUT2D eigenvalue weighted by Gasteiger charge is -2.43. The molecule has 12 heteroatoms. The number of carbonyl (C=O) groups is 3. The number of hydrogen-bond acceptors (Lipinski definition) is 8. The molecule has 7 rings (SSSR count). The Morgan fingerprint density at radius 3 is 2.54 bits per heavy atom. The topological polar surface area (TPSA) is 129 Å². The van der Waals surface area contributed by atoms with Crippen LogP contribution in [-0.4, -0.2) is 51.1 Å². The molecule has 3 aromatic rings. The molecule has 2 bridgehead atoms. The number of rotatable bonds is 5. The number of H-pyrrole nitrogens is 1. The number of phenolic OH excluding ortho intramolecular Hbond substituents is 1. The number of amides is 3. The van der Waals surface area contributed by atoms with Gasteiger partial charge in [-0.05, 0) is 73.1 Å². The second kappa shape index (κ2) is 9.45. The Balaban J connectivity index is 1.22. The van der Waals surface area contributed by atoms with E-state index in [0.717, 1.165) is 31.7 Å². The average Bonchev–Trinajstić information content (AvgIpc) is 3.68. The standard InChI is InChI=1S/C29H26FN3O6S2/c1-11(25(35)31-14-6-4-13(30)5-7-14)33-27(36)21-15-10-16(22(21)28(33)37)23-20(15)19(24-26(40-23)32-29(38)41-24)12-3-8-17(34)18(9-12)39-2/h3-9,11,15-16,19-23,34H,10H2,1-2H3,(H,31,35)(H,32,38). The monoisotopic (exact) mass is 595 g/mol. The molecule has 4 aliphatic rings. The van der Waals surface area contributed by atoms with Crippen molar-refractivity contribution in [3.8, 4) is 11.5 Å². The second-order valence-corrected chi connectivity index (χ2v) is 13.3. The molecule has 41 heavy (non-hydrogen) atoms. The van der Waals surface area contributed by atoms with Gasteiger partial charge in [0.15, 0.2) is 11.5 Å². The number of imide groups is 1. The summed E-state index contributed by atoms with van der Waals surface area (Å²) in [6.45, 7) is 1.53. The summed E-state index contributed by atoms with van der Waals surface area (Å²) in [5, 5.41) is 13.7. The second-order valence-electron chi connectivity index (χ2n) is 11.1. The molecule has 3 fully saturated rings. The molecule has 3 N–H and O–H groups in total. The van der Waals surface area contributed by atoms with Gasteiger partial charge in [-0.1, -0.05) is 17.4 Å². The van der Waals surface area contributed by atoms with Crippen molar-refractivity contribution in [3.05, 3.63) is 68.4 Å². The van der Waals surface area contributed by atoms with Crippen LogP contribution in [0.4, 0.5) is 10.1 Å². The lowest BCUT2D eigenvalue weighted by Crippen LogP contribution is -2.46. The first kappa shape index (κ1) is 26.3. The minimum atomic E-state index is -1.03. The van der Waals surface area contributed by atoms with Crippen molar-refractivity contribution in [2.75, 3.05) is 12.4 Å². The van der Waals surface area contributed by atoms with E-state index in [1.807, 2.05) is 6.07 Å². The molecule has 2 aromatic carbocycles. The summed E-state index contributed by atoms with van der Waals surface area (Å²) in [4.78, 5) is 58.0. The maximum atomic E-state index is 13.9. The molecule has 1 saturated heterocycles. The zero-order chi connectivity index (χ0) is 28.7. The number of hydrogen-bond donors (Lipinski definition) is 3. The summed E-state index contributed by atoms with van der Waals surface area (Å²) < 4.78 is 18.7. The van der Waals surface area contributed by atoms with Crippen molar-refractivity contribution in [1.29, 1.82) is 0 Å². The van der Waals surface area contributed by atoms with Gasteiger partial charge in [-0.15, -0.1) is 11.8 Å². The van der Waals surface area contributed by atoms with Crippen molar-refractivity contribution in [2.45, 2.75) is 35.6 Å². The normalized spacial score (nSPS) is 30.1. The summed E-state index contributed by atoms with van der Waals surface area (Å²) in [5.74, 6) is -2.83. The van der Waals surface area contributed by atoms with Crippen LogP contribution in [0, 0.1) is 35.4 Å². The Morgan fingerprint density at radius 1 is 1.12 bits per heavy atom. The summed E-state index contributed by atoms with van der Waals surface area (Å²) in [6.07, 6.45) is 0.712. The molecule has 2 aliphatic carbocycles. The van der Waals surface area contributed by atoms with Crippen LogP contribution < -0.4 is 14.9 Å². The Morgan fingerprint density at radius 2 is 1.83 bits per heavy atom. The molecule has 212 valence electrons. The highest BCUT2D eigenvalue weighted by molar-refractivity contribution is 8.00. The fourth-order valence-corrected chi connectivity index (χ4v) is 10.5. The van der Waals surface area contributed by atoms with Gasteiger partial charge in [0, 0.05) is 21.7 Å². The van der Waals surface area contributed by atoms with E-state index in [0.29, 0.717) is 17.9 Å². The fraction of sp³-hybridized carbons (Fsp3) is 0.379. The van der Waals surface area contributed by atoms with Gasteiger partial charge in [0.25, 0.3) is 0 Å². The number of thioether (sulfide) groups is 1. The van der Waals surface area contributed by atoms with Crippen molar-refractivity contribution in [3.63, 3.8) is 0 Å². The maximum absolute atomic E-state index is 13.9. The van der Waals surface area contributed by atoms with Gasteiger partial charge < -0.3 is 20.1 Å². The van der Waals surface area contributed by atoms with Crippen LogP contribution in [-0.2, 0) is 14.4 Å². The first-order valence-electron chi connectivity index (χ1n) is 13.4. The quantitative estimate of drug-likeness (QED) is 0.383. The minimum Gasteiger partial charge on any atom is -0.504 e. The largest absolute Gasteiger partial charge is 0.504 e. The van der Waals surface area contributed by atoms with Gasteiger partial charge in [0.05, 0.1) is 24.0 Å². The van der Waals surface area contributed by atoms with Gasteiger partial charge in [0.2, 0.25) is 17.7 Å². The highest BCUT2D eigenvalue weighted by Crippen LogP contribution is 2.68. The van der Waals surface area contributed by atoms with E-state index in [1.165, 1.54) is 38.3 Å². The van der Waals surface area contributed by atoms with Gasteiger partial charge >= 0.3 is 4.87 Å². The van der Waals surface area contributed by atoms with Crippen LogP contribution in [0.25, 0.3) is 0 Å². The predicted molar refractivity (Wildman–Crippen MR) is 149 cm³/mol. The third-order valence-corrected chi connectivity index (χ3v) is 11.8. The number of likely N-dealkylation sites (tertiary alicyclic amines) is 1. The zero-order valence-electron chi connectivity index (χ0n) is 22.0. The number of aromatic hydroxyl groups is 1. The number of methoxy groups -OCH3 is 1. The number of nitrogens with zero attached hydrogens (tertiary/aromatic N) is 1. The number of thiazole rings is 1. The Hall–Kier alpha value is -3.64. The number of nitrogens with one attached hydrogen (secondary N) is 2. The molecule has 0 radical (unpaired) electrons. The van der Waals surface area contributed by atoms with Crippen LogP contribution in [0.5, 0.6) is 11.5 Å². The first-order valence-corrected chi connectivity index (χ1v) is 15.1. The number of aromatic amines is 1. The van der Waals surface area contributed by atoms with Gasteiger partial charge in [-0.25, -0.2) is 4.39 Å². The van der Waals surface area contributed by atoms with Crippen LogP contribution in [0.2, 0.25) is 0 Å². The molecule has 0 spiro atoms. The zero-order valence-corrected chi connectivity index (χ0v) is 23.6. The number of ether oxygens (including phenoxy) is 1. The minimum absolute atomic E-state index is 0.00795. The number of aromatic nitrogens is 1. The summed E-state index contributed by atoms with van der Waals surface area (Å²) in [7, 11) is 1.48. The van der Waals surface area contributed by atoms with E-state index in [-0.39, 0.29) is 51.4 Å². The molecule has 2 saturated carbocycles. The van der Waals surface area contributed by atoms with E-state index >= 15 is 0 Å². The smallest absolute Gasteiger partial charge is 0.305 e. The SMILES string of the molecule is COc1cc(C2c3sc(=O)[nH]c3SC3C4CC(C5C(=O)N(C(C)C(=O)Nc6ccc(F)cc6)C(=O)C45)C23)ccc1O. The molecular formula is C29H26FN3O6S2. The average molecular weight is 596 g/mol. The number of carbonyl (C=O) groups excluding carboxylic acids is 3. The highest BCUT2D eigenvalue weighted by Gasteiger charge is 2.70. The fourth-order valence-electron chi connectivity index (χ4n) is 7.58. The van der Waals surface area contributed by atoms with E-state index in [2.05, 4.69) is 10.3 Å². The maximum Gasteiger partial charge on any atom is 0.305 e. The van der Waals surface area contributed by atoms with Crippen molar-refractivity contribution < 1.29 is 28.6 Å². The summed E-state index contributed by atoms with van der Waals surface area (Å²) in [5.41, 5.74) is 1.24. The van der Waals surface area contributed by atoms with Crippen LogP contribution in [0.1, 0.15) is 29.7 Å². The van der Waals surface area contributed by atoms with E-state index in [9.17, 15) is 28.7 Å². The van der Waals surface area contributed by atoms with Gasteiger partial charge in [-0.3, -0.25) is 24.1 Å². The summed E-state index contributed by atoms with van der Waals surface area (Å²) >= 11 is 2.73. The number of fused-ring (bicyclic) bond motifs is 9. The first-order chi connectivity index (χ1) is 19.7. The molecule has 3 heterocycles. The Labute approximate surface area is 242 Å². The van der Waals surface area contributed by atoms with Crippen molar-refractivity contribution in [2.24, 2.45) is 29.6 Å².